The van der Waals surface area contributed by atoms with E-state index in [1.165, 1.54) is 11.8 Å². The predicted octanol–water partition coefficient (Wildman–Crippen LogP) is 5.32. The molecule has 1 amide bonds. The van der Waals surface area contributed by atoms with Crippen LogP contribution in [0.3, 0.4) is 0 Å². The molecule has 0 atom stereocenters. The molecule has 0 saturated carbocycles. The Morgan fingerprint density at radius 1 is 1.06 bits per heavy atom. The zero-order valence-corrected chi connectivity index (χ0v) is 20.4. The minimum Gasteiger partial charge on any atom is -0.497 e. The summed E-state index contributed by atoms with van der Waals surface area (Å²) >= 11 is 3.01. The van der Waals surface area contributed by atoms with E-state index in [9.17, 15) is 4.79 Å². The van der Waals surface area contributed by atoms with Gasteiger partial charge in [0.2, 0.25) is 5.91 Å². The zero-order chi connectivity index (χ0) is 22.5. The van der Waals surface area contributed by atoms with Crippen molar-refractivity contribution in [3.8, 4) is 26.9 Å². The van der Waals surface area contributed by atoms with Gasteiger partial charge in [0.15, 0.2) is 0 Å². The van der Waals surface area contributed by atoms with Gasteiger partial charge in [0, 0.05) is 17.6 Å². The Hall–Kier alpha value is -2.45. The summed E-state index contributed by atoms with van der Waals surface area (Å²) in [7, 11) is 1.65. The number of ether oxygens (including phenoxy) is 1. The molecule has 31 heavy (non-hydrogen) atoms. The third-order valence-electron chi connectivity index (χ3n) is 4.75. The Morgan fingerprint density at radius 2 is 1.74 bits per heavy atom. The Balaban J connectivity index is 1.70. The maximum Gasteiger partial charge on any atom is 0.233 e. The molecule has 1 aromatic carbocycles. The van der Waals surface area contributed by atoms with Gasteiger partial charge in [-0.1, -0.05) is 11.8 Å². The first kappa shape index (κ1) is 23.2. The lowest BCUT2D eigenvalue weighted by atomic mass is 10.2. The van der Waals surface area contributed by atoms with Gasteiger partial charge in [-0.25, -0.2) is 4.98 Å². The highest BCUT2D eigenvalue weighted by molar-refractivity contribution is 7.99. The van der Waals surface area contributed by atoms with Crippen LogP contribution in [0.25, 0.3) is 21.1 Å². The van der Waals surface area contributed by atoms with Crippen LogP contribution in [0.5, 0.6) is 5.75 Å². The first-order valence-corrected chi connectivity index (χ1v) is 12.0. The SMILES string of the molecule is COc1ccc(-c2nc(C)c(-c3ccc(SCC(=O)N(C(C)C)C(C)C)nn3)s2)cc1. The Kier molecular flexibility index (Phi) is 7.67. The molecule has 0 N–H and O–H groups in total. The van der Waals surface area contributed by atoms with Gasteiger partial charge < -0.3 is 9.64 Å². The second-order valence-corrected chi connectivity index (χ2v) is 9.69. The number of aromatic nitrogens is 3. The van der Waals surface area contributed by atoms with E-state index in [0.29, 0.717) is 5.75 Å². The van der Waals surface area contributed by atoms with Gasteiger partial charge in [-0.3, -0.25) is 4.79 Å². The van der Waals surface area contributed by atoms with Crippen molar-refractivity contribution < 1.29 is 9.53 Å². The molecular formula is C23H28N4O2S2. The van der Waals surface area contributed by atoms with E-state index in [1.54, 1.807) is 18.4 Å². The molecule has 0 fully saturated rings. The highest BCUT2D eigenvalue weighted by atomic mass is 32.2. The van der Waals surface area contributed by atoms with Crippen LogP contribution in [0.4, 0.5) is 0 Å². The summed E-state index contributed by atoms with van der Waals surface area (Å²) in [6.45, 7) is 10.1. The number of benzene rings is 1. The number of carbonyl (C=O) groups excluding carboxylic acids is 1. The van der Waals surface area contributed by atoms with Crippen LogP contribution >= 0.6 is 23.1 Å². The van der Waals surface area contributed by atoms with E-state index >= 15 is 0 Å². The van der Waals surface area contributed by atoms with Crippen LogP contribution in [0.15, 0.2) is 41.4 Å². The Labute approximate surface area is 192 Å². The van der Waals surface area contributed by atoms with E-state index in [2.05, 4.69) is 10.2 Å². The van der Waals surface area contributed by atoms with Gasteiger partial charge in [0.25, 0.3) is 0 Å². The topological polar surface area (TPSA) is 68.2 Å². The van der Waals surface area contributed by atoms with Crippen LogP contribution in [0, 0.1) is 6.92 Å². The van der Waals surface area contributed by atoms with E-state index in [0.717, 1.165) is 37.6 Å². The summed E-state index contributed by atoms with van der Waals surface area (Å²) in [5.41, 5.74) is 2.75. The van der Waals surface area contributed by atoms with Crippen molar-refractivity contribution in [2.24, 2.45) is 0 Å². The van der Waals surface area contributed by atoms with Gasteiger partial charge in [-0.05, 0) is 71.0 Å². The second-order valence-electron chi connectivity index (χ2n) is 7.70. The largest absolute Gasteiger partial charge is 0.497 e. The average molecular weight is 457 g/mol. The van der Waals surface area contributed by atoms with Crippen LogP contribution in [0.1, 0.15) is 33.4 Å². The van der Waals surface area contributed by atoms with Crippen molar-refractivity contribution in [2.75, 3.05) is 12.9 Å². The van der Waals surface area contributed by atoms with Crippen molar-refractivity contribution in [3.05, 3.63) is 42.1 Å². The number of nitrogens with zero attached hydrogens (tertiary/aromatic N) is 4. The van der Waals surface area contributed by atoms with Gasteiger partial charge in [0.05, 0.1) is 23.4 Å². The Morgan fingerprint density at radius 3 is 2.29 bits per heavy atom. The van der Waals surface area contributed by atoms with Gasteiger partial charge >= 0.3 is 0 Å². The molecule has 2 heterocycles. The van der Waals surface area contributed by atoms with Crippen molar-refractivity contribution in [1.29, 1.82) is 0 Å². The lowest BCUT2D eigenvalue weighted by Crippen LogP contribution is -2.43. The summed E-state index contributed by atoms with van der Waals surface area (Å²) in [5, 5.41) is 10.4. The Bertz CT molecular complexity index is 1010. The van der Waals surface area contributed by atoms with E-state index in [4.69, 9.17) is 9.72 Å². The minimum absolute atomic E-state index is 0.114. The lowest BCUT2D eigenvalue weighted by Gasteiger charge is -2.30. The molecule has 0 aliphatic carbocycles. The minimum atomic E-state index is 0.114. The second kappa shape index (κ2) is 10.2. The summed E-state index contributed by atoms with van der Waals surface area (Å²) in [5.74, 6) is 1.29. The van der Waals surface area contributed by atoms with Gasteiger partial charge in [-0.2, -0.15) is 0 Å². The van der Waals surface area contributed by atoms with Gasteiger partial charge in [0.1, 0.15) is 21.5 Å². The number of rotatable bonds is 8. The molecule has 0 aliphatic heterocycles. The predicted molar refractivity (Wildman–Crippen MR) is 128 cm³/mol. The summed E-state index contributed by atoms with van der Waals surface area (Å²) in [6, 6.07) is 12.1. The standard InChI is InChI=1S/C23H28N4O2S2/c1-14(2)27(15(3)4)21(28)13-30-20-12-11-19(25-26-20)22-16(5)24-23(31-22)17-7-9-18(29-6)10-8-17/h7-12,14-15H,13H2,1-6H3. The van der Waals surface area contributed by atoms with Crippen molar-refractivity contribution in [2.45, 2.75) is 51.7 Å². The van der Waals surface area contributed by atoms with E-state index in [-0.39, 0.29) is 18.0 Å². The quantitative estimate of drug-likeness (QED) is 0.427. The van der Waals surface area contributed by atoms with Crippen molar-refractivity contribution in [1.82, 2.24) is 20.1 Å². The maximum absolute atomic E-state index is 12.6. The van der Waals surface area contributed by atoms with Crippen molar-refractivity contribution >= 4 is 29.0 Å². The number of thioether (sulfide) groups is 1. The molecule has 0 bridgehead atoms. The summed E-state index contributed by atoms with van der Waals surface area (Å²) < 4.78 is 5.22. The van der Waals surface area contributed by atoms with E-state index in [1.807, 2.05) is 75.9 Å². The van der Waals surface area contributed by atoms with Crippen LogP contribution < -0.4 is 4.74 Å². The van der Waals surface area contributed by atoms with Crippen LogP contribution in [-0.4, -0.2) is 50.9 Å². The molecule has 3 rings (SSSR count). The van der Waals surface area contributed by atoms with Crippen LogP contribution in [0.2, 0.25) is 0 Å². The molecule has 0 saturated heterocycles. The number of thiazole rings is 1. The summed E-state index contributed by atoms with van der Waals surface area (Å²) in [6.07, 6.45) is 0. The molecule has 0 spiro atoms. The lowest BCUT2D eigenvalue weighted by molar-refractivity contribution is -0.131. The zero-order valence-electron chi connectivity index (χ0n) is 18.7. The fraction of sp³-hybridized carbons (Fsp3) is 0.391. The molecule has 164 valence electrons. The normalized spacial score (nSPS) is 11.2. The number of aryl methyl sites for hydroxylation is 1. The number of hydrogen-bond acceptors (Lipinski definition) is 7. The first-order valence-electron chi connectivity index (χ1n) is 10.2. The molecule has 3 aromatic rings. The maximum atomic E-state index is 12.6. The van der Waals surface area contributed by atoms with E-state index < -0.39 is 0 Å². The monoisotopic (exact) mass is 456 g/mol. The average Bonchev–Trinajstić information content (AvgIpc) is 3.13. The molecule has 0 aliphatic rings. The number of hydrogen-bond donors (Lipinski definition) is 0. The summed E-state index contributed by atoms with van der Waals surface area (Å²) in [4.78, 5) is 20.2. The highest BCUT2D eigenvalue weighted by Gasteiger charge is 2.20. The fourth-order valence-electron chi connectivity index (χ4n) is 3.39. The van der Waals surface area contributed by atoms with Crippen molar-refractivity contribution in [3.63, 3.8) is 0 Å². The first-order chi connectivity index (χ1) is 14.8. The molecule has 6 nitrogen and oxygen atoms in total. The molecular weight excluding hydrogens is 428 g/mol. The number of methoxy groups -OCH3 is 1. The molecule has 2 aromatic heterocycles. The third kappa shape index (κ3) is 5.62. The highest BCUT2D eigenvalue weighted by Crippen LogP contribution is 2.35. The number of carbonyl (C=O) groups is 1. The molecule has 8 heteroatoms. The molecule has 0 radical (unpaired) electrons. The molecule has 0 unspecified atom stereocenters. The third-order valence-corrected chi connectivity index (χ3v) is 6.88. The van der Waals surface area contributed by atoms with Gasteiger partial charge in [-0.15, -0.1) is 21.5 Å². The smallest absolute Gasteiger partial charge is 0.233 e. The number of amides is 1. The van der Waals surface area contributed by atoms with Crippen LogP contribution in [-0.2, 0) is 4.79 Å². The fourth-order valence-corrected chi connectivity index (χ4v) is 5.11.